The Hall–Kier alpha value is -0.300. The number of likely N-dealkylation sites (N-methyl/N-ethyl adjacent to an activating group) is 1. The second kappa shape index (κ2) is 1.85. The fraction of sp³-hybridized carbons (Fsp3) is 0.778. The van der Waals surface area contributed by atoms with Gasteiger partial charge in [0.2, 0.25) is 0 Å². The minimum Gasteiger partial charge on any atom is -0.320 e. The van der Waals surface area contributed by atoms with Crippen LogP contribution in [-0.2, 0) is 0 Å². The Morgan fingerprint density at radius 2 is 2.30 bits per heavy atom. The van der Waals surface area contributed by atoms with Crippen molar-refractivity contribution in [2.24, 2.45) is 0 Å². The van der Waals surface area contributed by atoms with E-state index < -0.39 is 0 Å². The van der Waals surface area contributed by atoms with E-state index in [1.165, 1.54) is 42.4 Å². The molecule has 2 heterocycles. The maximum absolute atomic E-state index is 4.13. The van der Waals surface area contributed by atoms with Gasteiger partial charge in [-0.05, 0) is 5.57 Å². The van der Waals surface area contributed by atoms with Crippen molar-refractivity contribution in [1.82, 2.24) is 0 Å². The molecule has 2 rings (SSSR count). The average molecular weight is 138 g/mol. The quantitative estimate of drug-likeness (QED) is 0.352. The van der Waals surface area contributed by atoms with Crippen LogP contribution in [0, 0.1) is 0 Å². The largest absolute Gasteiger partial charge is 0.320 e. The lowest BCUT2D eigenvalue weighted by atomic mass is 10.1. The highest BCUT2D eigenvalue weighted by Crippen LogP contribution is 2.36. The lowest BCUT2D eigenvalue weighted by Gasteiger charge is -2.29. The van der Waals surface area contributed by atoms with Crippen LogP contribution in [0.25, 0.3) is 0 Å². The highest BCUT2D eigenvalue weighted by molar-refractivity contribution is 5.08. The third-order valence-electron chi connectivity index (χ3n) is 3.31. The van der Waals surface area contributed by atoms with E-state index in [2.05, 4.69) is 13.6 Å². The molecule has 10 heavy (non-hydrogen) atoms. The summed E-state index contributed by atoms with van der Waals surface area (Å²) < 4.78 is 1.30. The van der Waals surface area contributed by atoms with Crippen LogP contribution in [0.5, 0.6) is 0 Å². The highest BCUT2D eigenvalue weighted by atomic mass is 15.4. The fourth-order valence-electron chi connectivity index (χ4n) is 2.59. The van der Waals surface area contributed by atoms with Crippen LogP contribution in [0.2, 0.25) is 0 Å². The molecule has 0 radical (unpaired) electrons. The molecule has 2 aliphatic rings. The number of hydrogen-bond acceptors (Lipinski definition) is 0. The molecule has 56 valence electrons. The van der Waals surface area contributed by atoms with Gasteiger partial charge in [-0.3, -0.25) is 0 Å². The predicted molar refractivity (Wildman–Crippen MR) is 42.7 cm³/mol. The first kappa shape index (κ1) is 6.41. The Kier molecular flexibility index (Phi) is 1.19. The Labute approximate surface area is 62.9 Å². The molecular formula is C9H16N+. The van der Waals surface area contributed by atoms with Crippen molar-refractivity contribution in [2.45, 2.75) is 25.3 Å². The normalized spacial score (nSPS) is 46.1. The number of rotatable bonds is 0. The van der Waals surface area contributed by atoms with E-state index in [-0.39, 0.29) is 0 Å². The van der Waals surface area contributed by atoms with Gasteiger partial charge in [0.1, 0.15) is 6.04 Å². The topological polar surface area (TPSA) is 0 Å². The molecule has 2 aliphatic heterocycles. The van der Waals surface area contributed by atoms with Gasteiger partial charge >= 0.3 is 0 Å². The van der Waals surface area contributed by atoms with Gasteiger partial charge in [0.15, 0.2) is 0 Å². The van der Waals surface area contributed by atoms with Gasteiger partial charge in [0.05, 0.1) is 20.1 Å². The molecule has 0 spiro atoms. The van der Waals surface area contributed by atoms with Crippen LogP contribution < -0.4 is 0 Å². The van der Waals surface area contributed by atoms with Crippen molar-refractivity contribution in [3.05, 3.63) is 12.2 Å². The van der Waals surface area contributed by atoms with Gasteiger partial charge in [-0.15, -0.1) is 0 Å². The first-order chi connectivity index (χ1) is 4.72. The molecule has 0 aliphatic carbocycles. The van der Waals surface area contributed by atoms with Crippen molar-refractivity contribution in [2.75, 3.05) is 20.1 Å². The molecule has 2 unspecified atom stereocenters. The van der Waals surface area contributed by atoms with Crippen LogP contribution >= 0.6 is 0 Å². The summed E-state index contributed by atoms with van der Waals surface area (Å²) in [6.07, 6.45) is 4.09. The molecule has 2 atom stereocenters. The number of quaternary nitrogens is 1. The number of fused-ring (bicyclic) bond motifs is 1. The predicted octanol–water partition coefficient (Wildman–Crippen LogP) is 1.56. The van der Waals surface area contributed by atoms with E-state index in [0.717, 1.165) is 6.04 Å². The molecule has 1 nitrogen and oxygen atoms in total. The molecular weight excluding hydrogens is 122 g/mol. The lowest BCUT2D eigenvalue weighted by Crippen LogP contribution is -2.43. The summed E-state index contributed by atoms with van der Waals surface area (Å²) in [6.45, 7) is 6.87. The van der Waals surface area contributed by atoms with Crippen LogP contribution in [0.3, 0.4) is 0 Å². The Morgan fingerprint density at radius 1 is 1.50 bits per heavy atom. The smallest absolute Gasteiger partial charge is 0.111 e. The monoisotopic (exact) mass is 138 g/mol. The van der Waals surface area contributed by atoms with Gasteiger partial charge in [-0.25, -0.2) is 0 Å². The molecule has 0 bridgehead atoms. The maximum Gasteiger partial charge on any atom is 0.111 e. The summed E-state index contributed by atoms with van der Waals surface area (Å²) in [5.41, 5.74) is 1.51. The third-order valence-corrected chi connectivity index (χ3v) is 3.31. The number of hydrogen-bond donors (Lipinski definition) is 0. The van der Waals surface area contributed by atoms with E-state index in [4.69, 9.17) is 0 Å². The van der Waals surface area contributed by atoms with Gasteiger partial charge in [0, 0.05) is 19.3 Å². The zero-order valence-corrected chi connectivity index (χ0v) is 6.77. The van der Waals surface area contributed by atoms with Gasteiger partial charge < -0.3 is 4.48 Å². The van der Waals surface area contributed by atoms with Crippen LogP contribution in [0.1, 0.15) is 19.3 Å². The second-order valence-electron chi connectivity index (χ2n) is 3.99. The molecule has 0 N–H and O–H groups in total. The van der Waals surface area contributed by atoms with E-state index in [9.17, 15) is 0 Å². The minimum absolute atomic E-state index is 0.833. The van der Waals surface area contributed by atoms with Crippen LogP contribution in [0.15, 0.2) is 12.2 Å². The zero-order chi connectivity index (χ0) is 7.19. The van der Waals surface area contributed by atoms with Crippen molar-refractivity contribution < 1.29 is 4.48 Å². The van der Waals surface area contributed by atoms with E-state index in [1.807, 2.05) is 0 Å². The first-order valence-electron chi connectivity index (χ1n) is 4.24. The molecule has 0 aromatic rings. The van der Waals surface area contributed by atoms with Crippen molar-refractivity contribution in [3.8, 4) is 0 Å². The average Bonchev–Trinajstić information content (AvgIpc) is 2.35. The van der Waals surface area contributed by atoms with E-state index >= 15 is 0 Å². The Morgan fingerprint density at radius 3 is 3.00 bits per heavy atom. The standard InChI is InChI=1S/C9H16N/c1-8-5-7-10(2)6-3-4-9(8)10/h9H,1,3-7H2,2H3/q+1. The summed E-state index contributed by atoms with van der Waals surface area (Å²) in [6, 6.07) is 0.833. The number of nitrogens with zero attached hydrogens (tertiary/aromatic N) is 1. The summed E-state index contributed by atoms with van der Waals surface area (Å²) in [7, 11) is 2.38. The SMILES string of the molecule is C=C1CC[N+]2(C)CCCC12. The molecule has 0 aromatic carbocycles. The summed E-state index contributed by atoms with van der Waals surface area (Å²) in [5.74, 6) is 0. The van der Waals surface area contributed by atoms with Crippen LogP contribution in [0.4, 0.5) is 0 Å². The summed E-state index contributed by atoms with van der Waals surface area (Å²) in [4.78, 5) is 0. The first-order valence-corrected chi connectivity index (χ1v) is 4.24. The second-order valence-corrected chi connectivity index (χ2v) is 3.99. The minimum atomic E-state index is 0.833. The fourth-order valence-corrected chi connectivity index (χ4v) is 2.59. The molecule has 0 saturated carbocycles. The Bertz CT molecular complexity index is 174. The summed E-state index contributed by atoms with van der Waals surface area (Å²) in [5, 5.41) is 0. The van der Waals surface area contributed by atoms with Crippen molar-refractivity contribution >= 4 is 0 Å². The third kappa shape index (κ3) is 0.671. The molecule has 2 fully saturated rings. The molecule has 2 saturated heterocycles. The molecule has 1 heteroatoms. The van der Waals surface area contributed by atoms with E-state index in [0.29, 0.717) is 0 Å². The van der Waals surface area contributed by atoms with Gasteiger partial charge in [-0.2, -0.15) is 0 Å². The lowest BCUT2D eigenvalue weighted by molar-refractivity contribution is -0.905. The summed E-state index contributed by atoms with van der Waals surface area (Å²) >= 11 is 0. The van der Waals surface area contributed by atoms with Crippen LogP contribution in [-0.4, -0.2) is 30.7 Å². The highest BCUT2D eigenvalue weighted by Gasteiger charge is 2.44. The van der Waals surface area contributed by atoms with Crippen molar-refractivity contribution in [3.63, 3.8) is 0 Å². The Balaban J connectivity index is 2.27. The molecule has 0 amide bonds. The molecule has 0 aromatic heterocycles. The maximum atomic E-state index is 4.13. The van der Waals surface area contributed by atoms with Gasteiger partial charge in [0.25, 0.3) is 0 Å². The van der Waals surface area contributed by atoms with Crippen molar-refractivity contribution in [1.29, 1.82) is 0 Å². The zero-order valence-electron chi connectivity index (χ0n) is 6.77. The van der Waals surface area contributed by atoms with E-state index in [1.54, 1.807) is 0 Å². The van der Waals surface area contributed by atoms with Gasteiger partial charge in [-0.1, -0.05) is 6.58 Å².